The molecule has 2 rings (SSSR count). The Balaban J connectivity index is 1.60. The first-order chi connectivity index (χ1) is 9.25. The van der Waals surface area contributed by atoms with Crippen LogP contribution >= 0.6 is 0 Å². The lowest BCUT2D eigenvalue weighted by Crippen LogP contribution is -2.40. The third kappa shape index (κ3) is 5.11. The molecule has 2 fully saturated rings. The van der Waals surface area contributed by atoms with Crippen LogP contribution in [-0.2, 0) is 4.79 Å². The van der Waals surface area contributed by atoms with E-state index in [2.05, 4.69) is 5.32 Å². The van der Waals surface area contributed by atoms with Gasteiger partial charge in [-0.2, -0.15) is 0 Å². The van der Waals surface area contributed by atoms with Crippen LogP contribution in [0.25, 0.3) is 0 Å². The van der Waals surface area contributed by atoms with Gasteiger partial charge in [0.1, 0.15) is 0 Å². The molecule has 1 amide bonds. The van der Waals surface area contributed by atoms with E-state index in [1.807, 2.05) is 4.90 Å². The Hall–Kier alpha value is -0.610. The summed E-state index contributed by atoms with van der Waals surface area (Å²) in [4.78, 5) is 14.1. The summed E-state index contributed by atoms with van der Waals surface area (Å²) in [5.74, 6) is 0.901. The summed E-state index contributed by atoms with van der Waals surface area (Å²) in [7, 11) is 0. The van der Waals surface area contributed by atoms with Gasteiger partial charge in [0.15, 0.2) is 0 Å². The van der Waals surface area contributed by atoms with Crippen LogP contribution in [0, 0.1) is 5.92 Å². The molecule has 1 aliphatic carbocycles. The van der Waals surface area contributed by atoms with Crippen LogP contribution in [0.15, 0.2) is 0 Å². The number of carbonyl (C=O) groups excluding carboxylic acids is 1. The SMILES string of the molecule is O=C(CNCC1CCC(O)CC1)N1CCCCCC1. The standard InChI is InChI=1S/C15H28N2O2/c18-14-7-5-13(6-8-14)11-16-12-15(19)17-9-3-1-2-4-10-17/h13-14,16,18H,1-12H2. The molecule has 2 aliphatic rings. The highest BCUT2D eigenvalue weighted by molar-refractivity contribution is 5.78. The largest absolute Gasteiger partial charge is 0.393 e. The summed E-state index contributed by atoms with van der Waals surface area (Å²) in [6, 6.07) is 0. The van der Waals surface area contributed by atoms with Gasteiger partial charge in [0, 0.05) is 13.1 Å². The molecular weight excluding hydrogens is 240 g/mol. The van der Waals surface area contributed by atoms with Crippen molar-refractivity contribution in [1.82, 2.24) is 10.2 Å². The molecule has 0 radical (unpaired) electrons. The van der Waals surface area contributed by atoms with Crippen LogP contribution < -0.4 is 5.32 Å². The third-order valence-corrected chi connectivity index (χ3v) is 4.48. The van der Waals surface area contributed by atoms with E-state index in [0.29, 0.717) is 12.5 Å². The van der Waals surface area contributed by atoms with E-state index in [9.17, 15) is 9.90 Å². The van der Waals surface area contributed by atoms with E-state index in [0.717, 1.165) is 58.2 Å². The summed E-state index contributed by atoms with van der Waals surface area (Å²) in [6.07, 6.45) is 8.79. The van der Waals surface area contributed by atoms with Gasteiger partial charge in [-0.15, -0.1) is 0 Å². The lowest BCUT2D eigenvalue weighted by atomic mass is 9.87. The van der Waals surface area contributed by atoms with Crippen molar-refractivity contribution in [2.45, 2.75) is 57.5 Å². The van der Waals surface area contributed by atoms with Crippen LogP contribution in [0.3, 0.4) is 0 Å². The van der Waals surface area contributed by atoms with Crippen molar-refractivity contribution in [2.24, 2.45) is 5.92 Å². The number of hydrogen-bond donors (Lipinski definition) is 2. The Morgan fingerprint density at radius 2 is 1.68 bits per heavy atom. The summed E-state index contributed by atoms with van der Waals surface area (Å²) >= 11 is 0. The number of hydrogen-bond acceptors (Lipinski definition) is 3. The Morgan fingerprint density at radius 3 is 2.32 bits per heavy atom. The number of carbonyl (C=O) groups is 1. The van der Waals surface area contributed by atoms with Gasteiger partial charge in [0.05, 0.1) is 12.6 Å². The Kier molecular flexibility index (Phi) is 6.11. The fourth-order valence-electron chi connectivity index (χ4n) is 3.16. The van der Waals surface area contributed by atoms with Crippen LogP contribution in [0.4, 0.5) is 0 Å². The van der Waals surface area contributed by atoms with Crippen LogP contribution in [0.1, 0.15) is 51.4 Å². The predicted octanol–water partition coefficient (Wildman–Crippen LogP) is 1.53. The summed E-state index contributed by atoms with van der Waals surface area (Å²) in [5.41, 5.74) is 0. The zero-order valence-electron chi connectivity index (χ0n) is 11.9. The molecule has 0 unspecified atom stereocenters. The quantitative estimate of drug-likeness (QED) is 0.813. The molecule has 110 valence electrons. The highest BCUT2D eigenvalue weighted by Crippen LogP contribution is 2.23. The van der Waals surface area contributed by atoms with Crippen LogP contribution in [0.5, 0.6) is 0 Å². The van der Waals surface area contributed by atoms with Crippen molar-refractivity contribution < 1.29 is 9.90 Å². The minimum Gasteiger partial charge on any atom is -0.393 e. The average Bonchev–Trinajstić information content (AvgIpc) is 2.70. The Morgan fingerprint density at radius 1 is 1.05 bits per heavy atom. The van der Waals surface area contributed by atoms with Gasteiger partial charge >= 0.3 is 0 Å². The molecule has 0 atom stereocenters. The molecule has 2 N–H and O–H groups in total. The van der Waals surface area contributed by atoms with Gasteiger partial charge in [-0.25, -0.2) is 0 Å². The molecule has 1 saturated heterocycles. The maximum Gasteiger partial charge on any atom is 0.236 e. The minimum absolute atomic E-state index is 0.0880. The first-order valence-corrected chi connectivity index (χ1v) is 7.92. The fraction of sp³-hybridized carbons (Fsp3) is 0.933. The van der Waals surface area contributed by atoms with Crippen molar-refractivity contribution in [3.63, 3.8) is 0 Å². The molecule has 19 heavy (non-hydrogen) atoms. The van der Waals surface area contributed by atoms with E-state index in [-0.39, 0.29) is 12.0 Å². The van der Waals surface area contributed by atoms with E-state index in [4.69, 9.17) is 0 Å². The van der Waals surface area contributed by atoms with Gasteiger partial charge in [-0.3, -0.25) is 4.79 Å². The van der Waals surface area contributed by atoms with Crippen molar-refractivity contribution in [2.75, 3.05) is 26.2 Å². The lowest BCUT2D eigenvalue weighted by molar-refractivity contribution is -0.130. The number of nitrogens with one attached hydrogen (secondary N) is 1. The second-order valence-electron chi connectivity index (χ2n) is 6.10. The molecular formula is C15H28N2O2. The Labute approximate surface area is 116 Å². The average molecular weight is 268 g/mol. The number of aliphatic hydroxyl groups excluding tert-OH is 1. The highest BCUT2D eigenvalue weighted by Gasteiger charge is 2.20. The second-order valence-corrected chi connectivity index (χ2v) is 6.10. The van der Waals surface area contributed by atoms with Crippen molar-refractivity contribution >= 4 is 5.91 Å². The monoisotopic (exact) mass is 268 g/mol. The first-order valence-electron chi connectivity index (χ1n) is 7.92. The molecule has 1 aliphatic heterocycles. The number of rotatable bonds is 4. The van der Waals surface area contributed by atoms with E-state index in [1.165, 1.54) is 12.8 Å². The highest BCUT2D eigenvalue weighted by atomic mass is 16.3. The number of nitrogens with zero attached hydrogens (tertiary/aromatic N) is 1. The van der Waals surface area contributed by atoms with E-state index < -0.39 is 0 Å². The summed E-state index contributed by atoms with van der Waals surface area (Å²) in [5, 5.41) is 12.8. The molecule has 0 aromatic carbocycles. The molecule has 1 saturated carbocycles. The fourth-order valence-corrected chi connectivity index (χ4v) is 3.16. The number of likely N-dealkylation sites (tertiary alicyclic amines) is 1. The van der Waals surface area contributed by atoms with Crippen LogP contribution in [-0.4, -0.2) is 48.2 Å². The third-order valence-electron chi connectivity index (χ3n) is 4.48. The molecule has 0 bridgehead atoms. The zero-order valence-corrected chi connectivity index (χ0v) is 11.9. The molecule has 0 aromatic heterocycles. The minimum atomic E-state index is -0.0880. The summed E-state index contributed by atoms with van der Waals surface area (Å²) < 4.78 is 0. The van der Waals surface area contributed by atoms with E-state index >= 15 is 0 Å². The van der Waals surface area contributed by atoms with Crippen molar-refractivity contribution in [3.05, 3.63) is 0 Å². The smallest absolute Gasteiger partial charge is 0.236 e. The summed E-state index contributed by atoms with van der Waals surface area (Å²) in [6.45, 7) is 3.29. The van der Waals surface area contributed by atoms with Gasteiger partial charge in [0.2, 0.25) is 5.91 Å². The molecule has 1 heterocycles. The topological polar surface area (TPSA) is 52.6 Å². The van der Waals surface area contributed by atoms with Gasteiger partial charge in [-0.1, -0.05) is 12.8 Å². The molecule has 0 aromatic rings. The van der Waals surface area contributed by atoms with Crippen molar-refractivity contribution in [1.29, 1.82) is 0 Å². The molecule has 4 heteroatoms. The number of amides is 1. The first kappa shape index (κ1) is 14.8. The maximum atomic E-state index is 12.1. The number of aliphatic hydroxyl groups is 1. The maximum absolute atomic E-state index is 12.1. The van der Waals surface area contributed by atoms with Gasteiger partial charge in [-0.05, 0) is 51.0 Å². The van der Waals surface area contributed by atoms with E-state index in [1.54, 1.807) is 0 Å². The molecule has 0 spiro atoms. The van der Waals surface area contributed by atoms with Crippen LogP contribution in [0.2, 0.25) is 0 Å². The Bertz CT molecular complexity index is 267. The van der Waals surface area contributed by atoms with Crippen molar-refractivity contribution in [3.8, 4) is 0 Å². The van der Waals surface area contributed by atoms with Gasteiger partial charge in [0.25, 0.3) is 0 Å². The second kappa shape index (κ2) is 7.85. The predicted molar refractivity (Wildman–Crippen MR) is 75.9 cm³/mol. The zero-order chi connectivity index (χ0) is 13.5. The van der Waals surface area contributed by atoms with Gasteiger partial charge < -0.3 is 15.3 Å². The normalized spacial score (nSPS) is 29.0. The lowest BCUT2D eigenvalue weighted by Gasteiger charge is -2.26. The molecule has 4 nitrogen and oxygen atoms in total.